The van der Waals surface area contributed by atoms with Gasteiger partial charge in [-0.1, -0.05) is 24.4 Å². The van der Waals surface area contributed by atoms with Gasteiger partial charge in [-0.2, -0.15) is 5.11 Å². The van der Waals surface area contributed by atoms with Gasteiger partial charge in [-0.25, -0.2) is 4.79 Å². The molecule has 2 atom stereocenters. The summed E-state index contributed by atoms with van der Waals surface area (Å²) in [7, 11) is 0. The monoisotopic (exact) mass is 252 g/mol. The van der Waals surface area contributed by atoms with Crippen molar-refractivity contribution in [2.75, 3.05) is 13.1 Å². The van der Waals surface area contributed by atoms with E-state index in [0.29, 0.717) is 0 Å². The smallest absolute Gasteiger partial charge is 0.322 e. The Morgan fingerprint density at radius 3 is 2.89 bits per heavy atom. The molecule has 1 N–H and O–H groups in total. The molecule has 0 aromatic rings. The first-order valence-corrected chi connectivity index (χ1v) is 6.97. The summed E-state index contributed by atoms with van der Waals surface area (Å²) in [4.78, 5) is 17.5. The lowest BCUT2D eigenvalue weighted by molar-refractivity contribution is -0.207. The van der Waals surface area contributed by atoms with Crippen LogP contribution in [-0.4, -0.2) is 36.3 Å². The Bertz CT molecular complexity index is 341. The summed E-state index contributed by atoms with van der Waals surface area (Å²) in [5.41, 5.74) is 0. The maximum atomic E-state index is 12.0. The molecule has 0 spiro atoms. The van der Waals surface area contributed by atoms with Gasteiger partial charge in [0.05, 0.1) is 5.92 Å². The molecule has 1 saturated carbocycles. The number of hydroxylamine groups is 1. The molecule has 3 rings (SSSR count). The topological polar surface area (TPSA) is 66.3 Å². The number of fused-ring (bicyclic) bond motifs is 1. The summed E-state index contributed by atoms with van der Waals surface area (Å²) >= 11 is 0. The molecule has 0 aromatic carbocycles. The van der Waals surface area contributed by atoms with E-state index in [1.165, 1.54) is 11.6 Å². The Morgan fingerprint density at radius 1 is 1.22 bits per heavy atom. The average molecular weight is 252 g/mol. The number of nitrogens with zero attached hydrogens (tertiary/aromatic N) is 3. The fraction of sp³-hybridized carbons (Fsp3) is 0.917. The summed E-state index contributed by atoms with van der Waals surface area (Å²) in [6.07, 6.45) is 6.35. The second-order valence-electron chi connectivity index (χ2n) is 5.38. The average Bonchev–Trinajstić information content (AvgIpc) is 2.83. The summed E-state index contributed by atoms with van der Waals surface area (Å²) in [5.74, 6) is -0.0532. The molecular weight excluding hydrogens is 232 g/mol. The zero-order valence-electron chi connectivity index (χ0n) is 10.5. The van der Waals surface area contributed by atoms with Crippen molar-refractivity contribution in [2.24, 2.45) is 16.3 Å². The molecule has 6 heteroatoms. The van der Waals surface area contributed by atoms with Crippen molar-refractivity contribution in [1.29, 1.82) is 0 Å². The van der Waals surface area contributed by atoms with Crippen LogP contribution in [0.4, 0.5) is 0 Å². The van der Waals surface area contributed by atoms with Crippen molar-refractivity contribution in [3.8, 4) is 0 Å². The van der Waals surface area contributed by atoms with E-state index in [4.69, 9.17) is 4.84 Å². The van der Waals surface area contributed by atoms with E-state index in [1.807, 2.05) is 0 Å². The second-order valence-corrected chi connectivity index (χ2v) is 5.38. The first kappa shape index (κ1) is 11.9. The molecule has 0 amide bonds. The number of nitrogens with one attached hydrogen (secondary N) is 1. The van der Waals surface area contributed by atoms with Gasteiger partial charge in [0.25, 0.3) is 0 Å². The van der Waals surface area contributed by atoms with Gasteiger partial charge in [-0.3, -0.25) is 0 Å². The van der Waals surface area contributed by atoms with Crippen LogP contribution in [0.1, 0.15) is 38.5 Å². The minimum atomic E-state index is -0.118. The van der Waals surface area contributed by atoms with Crippen LogP contribution in [-0.2, 0) is 9.63 Å². The molecule has 3 aliphatic rings. The number of carbonyl (C=O) groups excluding carboxylic acids is 1. The molecule has 1 aliphatic carbocycles. The van der Waals surface area contributed by atoms with E-state index in [-0.39, 0.29) is 24.0 Å². The van der Waals surface area contributed by atoms with Gasteiger partial charge < -0.3 is 10.2 Å². The van der Waals surface area contributed by atoms with Crippen molar-refractivity contribution in [2.45, 2.75) is 50.6 Å². The van der Waals surface area contributed by atoms with Crippen molar-refractivity contribution in [3.63, 3.8) is 0 Å². The largest absolute Gasteiger partial charge is 0.337 e. The van der Waals surface area contributed by atoms with E-state index >= 15 is 0 Å². The van der Waals surface area contributed by atoms with Crippen molar-refractivity contribution in [3.05, 3.63) is 0 Å². The molecule has 2 unspecified atom stereocenters. The van der Waals surface area contributed by atoms with Crippen LogP contribution >= 0.6 is 0 Å². The summed E-state index contributed by atoms with van der Waals surface area (Å²) in [6.45, 7) is 1.76. The highest BCUT2D eigenvalue weighted by atomic mass is 16.7. The standard InChI is InChI=1S/C12H20N4O2/c17-12(9-4-2-1-3-5-9)18-16-11-6-7-13-8-10(11)14-15-16/h9-11,13H,1-8H2. The molecular formula is C12H20N4O2. The van der Waals surface area contributed by atoms with Crippen LogP contribution in [0.15, 0.2) is 10.3 Å². The molecule has 2 aliphatic heterocycles. The van der Waals surface area contributed by atoms with Crippen LogP contribution in [0.3, 0.4) is 0 Å². The molecule has 1 saturated heterocycles. The number of rotatable bonds is 2. The summed E-state index contributed by atoms with van der Waals surface area (Å²) in [6, 6.07) is 0.275. The van der Waals surface area contributed by atoms with E-state index in [0.717, 1.165) is 45.2 Å². The molecule has 0 radical (unpaired) electrons. The zero-order chi connectivity index (χ0) is 12.4. The fourth-order valence-electron chi connectivity index (χ4n) is 2.98. The Kier molecular flexibility index (Phi) is 3.45. The molecule has 2 heterocycles. The van der Waals surface area contributed by atoms with Crippen molar-refractivity contribution >= 4 is 5.97 Å². The van der Waals surface area contributed by atoms with Gasteiger partial charge in [-0.15, -0.1) is 0 Å². The number of hydrogen-bond donors (Lipinski definition) is 1. The highest BCUT2D eigenvalue weighted by Gasteiger charge is 2.38. The molecule has 2 fully saturated rings. The van der Waals surface area contributed by atoms with Gasteiger partial charge in [0, 0.05) is 6.54 Å². The number of carbonyl (C=O) groups is 1. The maximum Gasteiger partial charge on any atom is 0.337 e. The minimum Gasteiger partial charge on any atom is -0.322 e. The van der Waals surface area contributed by atoms with E-state index in [1.54, 1.807) is 0 Å². The predicted octanol–water partition coefficient (Wildman–Crippen LogP) is 1.44. The molecule has 0 aromatic heterocycles. The van der Waals surface area contributed by atoms with Crippen molar-refractivity contribution in [1.82, 2.24) is 10.5 Å². The minimum absolute atomic E-state index is 0.0646. The first-order valence-electron chi connectivity index (χ1n) is 6.97. The molecule has 18 heavy (non-hydrogen) atoms. The molecule has 100 valence electrons. The van der Waals surface area contributed by atoms with E-state index in [9.17, 15) is 4.79 Å². The lowest BCUT2D eigenvalue weighted by Crippen LogP contribution is -2.47. The quantitative estimate of drug-likeness (QED) is 0.807. The maximum absolute atomic E-state index is 12.0. The molecule has 0 bridgehead atoms. The van der Waals surface area contributed by atoms with Crippen LogP contribution in [0.2, 0.25) is 0 Å². The van der Waals surface area contributed by atoms with Crippen molar-refractivity contribution < 1.29 is 9.63 Å². The first-order chi connectivity index (χ1) is 8.84. The zero-order valence-corrected chi connectivity index (χ0v) is 10.5. The van der Waals surface area contributed by atoms with Crippen LogP contribution in [0.25, 0.3) is 0 Å². The summed E-state index contributed by atoms with van der Waals surface area (Å²) in [5, 5.41) is 12.9. The third-order valence-electron chi connectivity index (χ3n) is 4.11. The Morgan fingerprint density at radius 2 is 2.06 bits per heavy atom. The SMILES string of the molecule is O=C(ON1N=NC2CNCCC21)C1CCCCC1. The second kappa shape index (κ2) is 5.22. The normalized spacial score (nSPS) is 32.3. The van der Waals surface area contributed by atoms with Crippen LogP contribution in [0, 0.1) is 5.92 Å². The summed E-state index contributed by atoms with van der Waals surface area (Å²) < 4.78 is 0. The third kappa shape index (κ3) is 2.34. The highest BCUT2D eigenvalue weighted by Crippen LogP contribution is 2.28. The van der Waals surface area contributed by atoms with Gasteiger partial charge >= 0.3 is 5.97 Å². The molecule has 6 nitrogen and oxygen atoms in total. The van der Waals surface area contributed by atoms with E-state index in [2.05, 4.69) is 15.7 Å². The Balaban J connectivity index is 1.55. The van der Waals surface area contributed by atoms with Crippen LogP contribution < -0.4 is 5.32 Å². The highest BCUT2D eigenvalue weighted by molar-refractivity contribution is 5.72. The number of hydrogen-bond acceptors (Lipinski definition) is 6. The third-order valence-corrected chi connectivity index (χ3v) is 4.11. The van der Waals surface area contributed by atoms with E-state index < -0.39 is 0 Å². The number of piperidine rings is 1. The lowest BCUT2D eigenvalue weighted by Gasteiger charge is -2.29. The predicted molar refractivity (Wildman–Crippen MR) is 64.4 cm³/mol. The van der Waals surface area contributed by atoms with Crippen LogP contribution in [0.5, 0.6) is 0 Å². The Hall–Kier alpha value is -1.17. The lowest BCUT2D eigenvalue weighted by atomic mass is 9.89. The Labute approximate surface area is 107 Å². The van der Waals surface area contributed by atoms with Gasteiger partial charge in [0.1, 0.15) is 12.1 Å². The van der Waals surface area contributed by atoms with Gasteiger partial charge in [-0.05, 0) is 31.0 Å². The van der Waals surface area contributed by atoms with Gasteiger partial charge in [0.2, 0.25) is 0 Å². The fourth-order valence-corrected chi connectivity index (χ4v) is 2.98. The van der Waals surface area contributed by atoms with Gasteiger partial charge in [0.15, 0.2) is 0 Å².